The number of methoxy groups -OCH3 is 1. The maximum absolute atomic E-state index is 12.7. The van der Waals surface area contributed by atoms with Crippen LogP contribution in [0.15, 0.2) is 24.3 Å². The highest BCUT2D eigenvalue weighted by molar-refractivity contribution is 6.01. The van der Waals surface area contributed by atoms with Gasteiger partial charge in [0.2, 0.25) is 5.91 Å². The number of amides is 2. The van der Waals surface area contributed by atoms with Crippen molar-refractivity contribution >= 4 is 11.8 Å². The summed E-state index contributed by atoms with van der Waals surface area (Å²) in [6, 6.07) is 7.50. The summed E-state index contributed by atoms with van der Waals surface area (Å²) in [4.78, 5) is 27.2. The van der Waals surface area contributed by atoms with Gasteiger partial charge in [0.25, 0.3) is 5.91 Å². The predicted octanol–water partition coefficient (Wildman–Crippen LogP) is 1.54. The molecule has 2 aliphatic heterocycles. The van der Waals surface area contributed by atoms with E-state index in [1.807, 2.05) is 29.2 Å². The molecule has 5 heteroatoms. The molecule has 0 aromatic heterocycles. The van der Waals surface area contributed by atoms with Crippen LogP contribution in [-0.2, 0) is 9.53 Å². The zero-order valence-electron chi connectivity index (χ0n) is 12.9. The molecule has 2 heterocycles. The number of rotatable bonds is 4. The SMILES string of the molecule is COCCNC(=O)C1c2ccccc2C(=O)N2CCCCC12. The first-order chi connectivity index (χ1) is 10.7. The molecule has 5 nitrogen and oxygen atoms in total. The van der Waals surface area contributed by atoms with Gasteiger partial charge in [0.1, 0.15) is 0 Å². The Hall–Kier alpha value is -1.88. The summed E-state index contributed by atoms with van der Waals surface area (Å²) < 4.78 is 4.99. The summed E-state index contributed by atoms with van der Waals surface area (Å²) in [5.41, 5.74) is 1.54. The highest BCUT2D eigenvalue weighted by Gasteiger charge is 2.43. The zero-order valence-corrected chi connectivity index (χ0v) is 12.9. The first-order valence-corrected chi connectivity index (χ1v) is 7.90. The minimum atomic E-state index is -0.272. The van der Waals surface area contributed by atoms with E-state index in [1.165, 1.54) is 0 Å². The molecule has 1 aromatic carbocycles. The number of benzene rings is 1. The summed E-state index contributed by atoms with van der Waals surface area (Å²) in [6.07, 6.45) is 2.98. The van der Waals surface area contributed by atoms with Crippen LogP contribution in [0.25, 0.3) is 0 Å². The van der Waals surface area contributed by atoms with Crippen LogP contribution in [0.5, 0.6) is 0 Å². The van der Waals surface area contributed by atoms with Crippen LogP contribution in [0.2, 0.25) is 0 Å². The van der Waals surface area contributed by atoms with Gasteiger partial charge in [-0.15, -0.1) is 0 Å². The van der Waals surface area contributed by atoms with Crippen LogP contribution in [-0.4, -0.2) is 49.6 Å². The molecule has 0 radical (unpaired) electrons. The molecule has 2 atom stereocenters. The van der Waals surface area contributed by atoms with Gasteiger partial charge in [-0.25, -0.2) is 0 Å². The lowest BCUT2D eigenvalue weighted by molar-refractivity contribution is -0.124. The fraction of sp³-hybridized carbons (Fsp3) is 0.529. The van der Waals surface area contributed by atoms with Crippen LogP contribution in [0.4, 0.5) is 0 Å². The van der Waals surface area contributed by atoms with Gasteiger partial charge in [-0.05, 0) is 30.9 Å². The van der Waals surface area contributed by atoms with Crippen molar-refractivity contribution in [3.05, 3.63) is 35.4 Å². The van der Waals surface area contributed by atoms with Crippen molar-refractivity contribution in [1.82, 2.24) is 10.2 Å². The first kappa shape index (κ1) is 15.0. The second-order valence-electron chi connectivity index (χ2n) is 5.91. The predicted molar refractivity (Wildman–Crippen MR) is 82.7 cm³/mol. The molecule has 1 fully saturated rings. The standard InChI is InChI=1S/C17H22N2O3/c1-22-11-9-18-16(20)15-12-6-2-3-7-13(12)17(21)19-10-5-4-8-14(15)19/h2-3,6-7,14-15H,4-5,8-11H2,1H3,(H,18,20). The van der Waals surface area contributed by atoms with Crippen molar-refractivity contribution in [2.45, 2.75) is 31.2 Å². The Bertz CT molecular complexity index is 573. The number of ether oxygens (including phenoxy) is 1. The molecule has 22 heavy (non-hydrogen) atoms. The van der Waals surface area contributed by atoms with Crippen molar-refractivity contribution in [2.75, 3.05) is 26.8 Å². The maximum Gasteiger partial charge on any atom is 0.254 e. The summed E-state index contributed by atoms with van der Waals surface area (Å²) in [7, 11) is 1.61. The molecule has 118 valence electrons. The number of fused-ring (bicyclic) bond motifs is 2. The molecule has 1 saturated heterocycles. The number of nitrogens with zero attached hydrogens (tertiary/aromatic N) is 1. The number of carbonyl (C=O) groups is 2. The molecule has 0 spiro atoms. The number of nitrogens with one attached hydrogen (secondary N) is 1. The third-order valence-corrected chi connectivity index (χ3v) is 4.61. The van der Waals surface area contributed by atoms with Gasteiger partial charge in [-0.1, -0.05) is 18.2 Å². The Morgan fingerprint density at radius 3 is 3.00 bits per heavy atom. The van der Waals surface area contributed by atoms with Gasteiger partial charge >= 0.3 is 0 Å². The smallest absolute Gasteiger partial charge is 0.254 e. The average Bonchev–Trinajstić information content (AvgIpc) is 2.55. The van der Waals surface area contributed by atoms with E-state index in [9.17, 15) is 9.59 Å². The van der Waals surface area contributed by atoms with E-state index in [1.54, 1.807) is 7.11 Å². The molecule has 1 aromatic rings. The van der Waals surface area contributed by atoms with E-state index >= 15 is 0 Å². The van der Waals surface area contributed by atoms with Crippen molar-refractivity contribution < 1.29 is 14.3 Å². The van der Waals surface area contributed by atoms with Crippen LogP contribution in [0.3, 0.4) is 0 Å². The lowest BCUT2D eigenvalue weighted by atomic mass is 9.78. The Morgan fingerprint density at radius 2 is 2.18 bits per heavy atom. The molecule has 0 aliphatic carbocycles. The maximum atomic E-state index is 12.7. The number of carbonyl (C=O) groups excluding carboxylic acids is 2. The van der Waals surface area contributed by atoms with Gasteiger partial charge in [0, 0.05) is 31.8 Å². The van der Waals surface area contributed by atoms with E-state index < -0.39 is 0 Å². The lowest BCUT2D eigenvalue weighted by Crippen LogP contribution is -2.54. The van der Waals surface area contributed by atoms with E-state index in [0.717, 1.165) is 31.4 Å². The average molecular weight is 302 g/mol. The molecule has 0 bridgehead atoms. The van der Waals surface area contributed by atoms with Crippen molar-refractivity contribution in [3.63, 3.8) is 0 Å². The van der Waals surface area contributed by atoms with Crippen LogP contribution in [0.1, 0.15) is 41.1 Å². The molecular weight excluding hydrogens is 280 g/mol. The third-order valence-electron chi connectivity index (χ3n) is 4.61. The molecule has 3 rings (SSSR count). The molecular formula is C17H22N2O3. The fourth-order valence-electron chi connectivity index (χ4n) is 3.58. The molecule has 0 saturated carbocycles. The summed E-state index contributed by atoms with van der Waals surface area (Å²) in [5.74, 6) is -0.207. The van der Waals surface area contributed by atoms with Gasteiger partial charge in [-0.3, -0.25) is 9.59 Å². The van der Waals surface area contributed by atoms with Gasteiger partial charge < -0.3 is 15.0 Å². The molecule has 2 aliphatic rings. The summed E-state index contributed by atoms with van der Waals surface area (Å²) in [5, 5.41) is 2.94. The van der Waals surface area contributed by atoms with E-state index in [2.05, 4.69) is 5.32 Å². The normalized spacial score (nSPS) is 23.7. The van der Waals surface area contributed by atoms with Crippen LogP contribution in [0, 0.1) is 0 Å². The Labute approximate surface area is 130 Å². The zero-order chi connectivity index (χ0) is 15.5. The molecule has 1 N–H and O–H groups in total. The first-order valence-electron chi connectivity index (χ1n) is 7.90. The number of hydrogen-bond acceptors (Lipinski definition) is 3. The van der Waals surface area contributed by atoms with E-state index in [0.29, 0.717) is 18.7 Å². The van der Waals surface area contributed by atoms with Crippen molar-refractivity contribution in [2.24, 2.45) is 0 Å². The van der Waals surface area contributed by atoms with Crippen LogP contribution >= 0.6 is 0 Å². The molecule has 2 unspecified atom stereocenters. The Kier molecular flexibility index (Phi) is 4.43. The Morgan fingerprint density at radius 1 is 1.36 bits per heavy atom. The van der Waals surface area contributed by atoms with Crippen LogP contribution < -0.4 is 5.32 Å². The topological polar surface area (TPSA) is 58.6 Å². The lowest BCUT2D eigenvalue weighted by Gasteiger charge is -2.44. The Balaban J connectivity index is 1.92. The van der Waals surface area contributed by atoms with E-state index in [-0.39, 0.29) is 23.8 Å². The largest absolute Gasteiger partial charge is 0.383 e. The third kappa shape index (κ3) is 2.61. The fourth-order valence-corrected chi connectivity index (χ4v) is 3.58. The highest BCUT2D eigenvalue weighted by Crippen LogP contribution is 2.38. The second-order valence-corrected chi connectivity index (χ2v) is 5.91. The minimum absolute atomic E-state index is 0.00565. The van der Waals surface area contributed by atoms with Gasteiger partial charge in [-0.2, -0.15) is 0 Å². The minimum Gasteiger partial charge on any atom is -0.383 e. The van der Waals surface area contributed by atoms with Crippen molar-refractivity contribution in [1.29, 1.82) is 0 Å². The number of hydrogen-bond donors (Lipinski definition) is 1. The van der Waals surface area contributed by atoms with Crippen molar-refractivity contribution in [3.8, 4) is 0 Å². The van der Waals surface area contributed by atoms with E-state index in [4.69, 9.17) is 4.74 Å². The highest BCUT2D eigenvalue weighted by atomic mass is 16.5. The quantitative estimate of drug-likeness (QED) is 0.858. The summed E-state index contributed by atoms with van der Waals surface area (Å²) >= 11 is 0. The van der Waals surface area contributed by atoms with Gasteiger partial charge in [0.15, 0.2) is 0 Å². The molecule has 2 amide bonds. The second kappa shape index (κ2) is 6.48. The summed E-state index contributed by atoms with van der Waals surface area (Å²) in [6.45, 7) is 1.74. The van der Waals surface area contributed by atoms with Gasteiger partial charge in [0.05, 0.1) is 12.5 Å². The monoisotopic (exact) mass is 302 g/mol. The number of piperidine rings is 1.